The molecule has 2 heterocycles. The van der Waals surface area contributed by atoms with Crippen molar-refractivity contribution < 1.29 is 14.0 Å². The molecule has 4 nitrogen and oxygen atoms in total. The van der Waals surface area contributed by atoms with Crippen LogP contribution in [-0.4, -0.2) is 15.7 Å². The summed E-state index contributed by atoms with van der Waals surface area (Å²) in [7, 11) is 0. The molecule has 2 aromatic carbocycles. The van der Waals surface area contributed by atoms with Crippen LogP contribution in [0.15, 0.2) is 54.6 Å². The topological polar surface area (TPSA) is 44.1 Å². The van der Waals surface area contributed by atoms with Crippen LogP contribution in [0.5, 0.6) is 0 Å². The fourth-order valence-electron chi connectivity index (χ4n) is 3.28. The standard InChI is InChI=1S/C21H17FN2O2/c1-13-18(12-17-9-7-15-5-3-4-6-20(15)23-17)19-11-16(22)8-10-21(19)24(13)26-14(2)25/h3-11H,12H2,1-2H3. The van der Waals surface area contributed by atoms with Crippen molar-refractivity contribution >= 4 is 27.8 Å². The van der Waals surface area contributed by atoms with Gasteiger partial charge in [0.05, 0.1) is 16.7 Å². The molecule has 130 valence electrons. The zero-order chi connectivity index (χ0) is 18.3. The summed E-state index contributed by atoms with van der Waals surface area (Å²) < 4.78 is 15.3. The second-order valence-electron chi connectivity index (χ2n) is 6.27. The second-order valence-corrected chi connectivity index (χ2v) is 6.27. The molecule has 0 spiro atoms. The maximum Gasteiger partial charge on any atom is 0.329 e. The fourth-order valence-corrected chi connectivity index (χ4v) is 3.28. The summed E-state index contributed by atoms with van der Waals surface area (Å²) in [5.74, 6) is -0.755. The molecule has 4 rings (SSSR count). The lowest BCUT2D eigenvalue weighted by molar-refractivity contribution is -0.141. The molecule has 5 heteroatoms. The first-order valence-corrected chi connectivity index (χ1v) is 8.36. The van der Waals surface area contributed by atoms with Gasteiger partial charge in [-0.1, -0.05) is 24.3 Å². The van der Waals surface area contributed by atoms with E-state index in [1.165, 1.54) is 23.8 Å². The normalized spacial score (nSPS) is 11.2. The summed E-state index contributed by atoms with van der Waals surface area (Å²) in [6, 6.07) is 16.4. The minimum absolute atomic E-state index is 0.329. The lowest BCUT2D eigenvalue weighted by atomic mass is 10.0. The number of nitrogens with zero attached hydrogens (tertiary/aromatic N) is 2. The van der Waals surface area contributed by atoms with E-state index in [0.717, 1.165) is 33.2 Å². The van der Waals surface area contributed by atoms with Gasteiger partial charge in [0, 0.05) is 29.8 Å². The number of rotatable bonds is 3. The first-order chi connectivity index (χ1) is 12.5. The van der Waals surface area contributed by atoms with E-state index in [1.807, 2.05) is 43.3 Å². The predicted octanol–water partition coefficient (Wildman–Crippen LogP) is 4.20. The number of pyridine rings is 1. The zero-order valence-electron chi connectivity index (χ0n) is 14.5. The third kappa shape index (κ3) is 2.81. The van der Waals surface area contributed by atoms with Gasteiger partial charge in [0.2, 0.25) is 0 Å². The van der Waals surface area contributed by atoms with Gasteiger partial charge in [0.1, 0.15) is 5.82 Å². The minimum Gasteiger partial charge on any atom is -0.337 e. The summed E-state index contributed by atoms with van der Waals surface area (Å²) in [5, 5.41) is 1.79. The smallest absolute Gasteiger partial charge is 0.329 e. The van der Waals surface area contributed by atoms with Crippen LogP contribution in [0.1, 0.15) is 23.9 Å². The van der Waals surface area contributed by atoms with Gasteiger partial charge in [-0.2, -0.15) is 4.73 Å². The number of halogens is 1. The van der Waals surface area contributed by atoms with E-state index in [2.05, 4.69) is 0 Å². The van der Waals surface area contributed by atoms with Crippen LogP contribution in [0.25, 0.3) is 21.8 Å². The Morgan fingerprint density at radius 2 is 1.96 bits per heavy atom. The van der Waals surface area contributed by atoms with Crippen molar-refractivity contribution in [3.8, 4) is 0 Å². The number of carbonyl (C=O) groups excluding carboxylic acids is 1. The van der Waals surface area contributed by atoms with Crippen molar-refractivity contribution in [2.45, 2.75) is 20.3 Å². The quantitative estimate of drug-likeness (QED) is 0.557. The number of fused-ring (bicyclic) bond motifs is 2. The van der Waals surface area contributed by atoms with Crippen molar-refractivity contribution in [2.24, 2.45) is 0 Å². The van der Waals surface area contributed by atoms with Crippen LogP contribution in [0.4, 0.5) is 4.39 Å². The second kappa shape index (κ2) is 6.26. The summed E-state index contributed by atoms with van der Waals surface area (Å²) in [5.41, 5.74) is 4.10. The molecular weight excluding hydrogens is 331 g/mol. The lowest BCUT2D eigenvalue weighted by Crippen LogP contribution is -2.17. The van der Waals surface area contributed by atoms with Crippen LogP contribution >= 0.6 is 0 Å². The molecule has 0 N–H and O–H groups in total. The Hall–Kier alpha value is -3.21. The lowest BCUT2D eigenvalue weighted by Gasteiger charge is -2.07. The van der Waals surface area contributed by atoms with Crippen molar-refractivity contribution in [1.29, 1.82) is 0 Å². The highest BCUT2D eigenvalue weighted by atomic mass is 19.1. The van der Waals surface area contributed by atoms with Gasteiger partial charge in [-0.25, -0.2) is 9.18 Å². The van der Waals surface area contributed by atoms with Crippen molar-refractivity contribution in [2.75, 3.05) is 0 Å². The minimum atomic E-state index is -0.426. The highest BCUT2D eigenvalue weighted by Crippen LogP contribution is 2.28. The Labute approximate surface area is 149 Å². The first-order valence-electron chi connectivity index (χ1n) is 8.36. The Morgan fingerprint density at radius 3 is 2.77 bits per heavy atom. The molecule has 2 aromatic heterocycles. The SMILES string of the molecule is CC(=O)On1c(C)c(Cc2ccc3ccccc3n2)c2cc(F)ccc21. The monoisotopic (exact) mass is 348 g/mol. The Kier molecular flexibility index (Phi) is 3.92. The van der Waals surface area contributed by atoms with Gasteiger partial charge in [-0.15, -0.1) is 0 Å². The van der Waals surface area contributed by atoms with E-state index in [9.17, 15) is 9.18 Å². The van der Waals surface area contributed by atoms with Gasteiger partial charge >= 0.3 is 5.97 Å². The fraction of sp³-hybridized carbons (Fsp3) is 0.143. The molecule has 4 aromatic rings. The molecule has 0 atom stereocenters. The predicted molar refractivity (Wildman–Crippen MR) is 98.4 cm³/mol. The number of para-hydroxylation sites is 1. The van der Waals surface area contributed by atoms with Crippen LogP contribution in [-0.2, 0) is 11.2 Å². The molecule has 0 bridgehead atoms. The molecule has 0 saturated carbocycles. The Bertz CT molecular complexity index is 1150. The van der Waals surface area contributed by atoms with Crippen LogP contribution in [0.2, 0.25) is 0 Å². The van der Waals surface area contributed by atoms with Gasteiger partial charge in [0.25, 0.3) is 0 Å². The first kappa shape index (κ1) is 16.3. The van der Waals surface area contributed by atoms with Gasteiger partial charge in [0.15, 0.2) is 0 Å². The van der Waals surface area contributed by atoms with Crippen molar-refractivity contribution in [3.05, 3.63) is 77.4 Å². The highest BCUT2D eigenvalue weighted by molar-refractivity contribution is 5.86. The maximum atomic E-state index is 13.8. The Balaban J connectivity index is 1.85. The molecule has 26 heavy (non-hydrogen) atoms. The molecular formula is C21H17FN2O2. The average molecular weight is 348 g/mol. The summed E-state index contributed by atoms with van der Waals surface area (Å²) in [6.07, 6.45) is 0.519. The van der Waals surface area contributed by atoms with E-state index >= 15 is 0 Å². The van der Waals surface area contributed by atoms with Crippen LogP contribution < -0.4 is 4.84 Å². The van der Waals surface area contributed by atoms with E-state index in [1.54, 1.807) is 6.07 Å². The molecule has 0 amide bonds. The Morgan fingerprint density at radius 1 is 1.15 bits per heavy atom. The van der Waals surface area contributed by atoms with Crippen LogP contribution in [0.3, 0.4) is 0 Å². The summed E-state index contributed by atoms with van der Waals surface area (Å²) >= 11 is 0. The summed E-state index contributed by atoms with van der Waals surface area (Å²) in [6.45, 7) is 3.20. The van der Waals surface area contributed by atoms with Gasteiger partial charge in [-0.3, -0.25) is 4.98 Å². The number of benzene rings is 2. The van der Waals surface area contributed by atoms with E-state index in [-0.39, 0.29) is 5.82 Å². The molecule has 0 aliphatic heterocycles. The van der Waals surface area contributed by atoms with Gasteiger partial charge < -0.3 is 4.84 Å². The molecule has 0 saturated heterocycles. The molecule has 0 unspecified atom stereocenters. The van der Waals surface area contributed by atoms with E-state index < -0.39 is 5.97 Å². The number of hydrogen-bond donors (Lipinski definition) is 0. The van der Waals surface area contributed by atoms with E-state index in [0.29, 0.717) is 11.9 Å². The number of aromatic nitrogens is 2. The zero-order valence-corrected chi connectivity index (χ0v) is 14.5. The van der Waals surface area contributed by atoms with Crippen LogP contribution in [0, 0.1) is 12.7 Å². The summed E-state index contributed by atoms with van der Waals surface area (Å²) in [4.78, 5) is 21.5. The van der Waals surface area contributed by atoms with Gasteiger partial charge in [-0.05, 0) is 42.8 Å². The average Bonchev–Trinajstić information content (AvgIpc) is 2.86. The molecule has 0 aliphatic carbocycles. The number of carbonyl (C=O) groups is 1. The number of hydrogen-bond acceptors (Lipinski definition) is 3. The maximum absolute atomic E-state index is 13.8. The van der Waals surface area contributed by atoms with Crippen molar-refractivity contribution in [1.82, 2.24) is 9.71 Å². The third-order valence-corrected chi connectivity index (χ3v) is 4.48. The van der Waals surface area contributed by atoms with Crippen molar-refractivity contribution in [3.63, 3.8) is 0 Å². The molecule has 0 fully saturated rings. The highest BCUT2D eigenvalue weighted by Gasteiger charge is 2.18. The molecule has 0 aliphatic rings. The largest absolute Gasteiger partial charge is 0.337 e. The van der Waals surface area contributed by atoms with E-state index in [4.69, 9.17) is 9.82 Å². The third-order valence-electron chi connectivity index (χ3n) is 4.48. The molecule has 0 radical (unpaired) electrons.